The number of benzene rings is 2. The van der Waals surface area contributed by atoms with Crippen LogP contribution in [0.2, 0.25) is 0 Å². The molecule has 1 N–H and O–H groups in total. The Morgan fingerprint density at radius 1 is 1.15 bits per heavy atom. The molecular weight excluding hydrogens is 405 g/mol. The second kappa shape index (κ2) is 8.01. The molecule has 132 valence electrons. The van der Waals surface area contributed by atoms with E-state index >= 15 is 0 Å². The SMILES string of the molecule is O=C(Cc1nonc1/C(Cc1ccc(F)c(Br)c1)=N/O)c1ccccc1. The minimum absolute atomic E-state index is 0.0466. The highest BCUT2D eigenvalue weighted by atomic mass is 79.9. The van der Waals surface area contributed by atoms with E-state index < -0.39 is 5.82 Å². The Bertz CT molecular complexity index is 957. The van der Waals surface area contributed by atoms with Gasteiger partial charge in [0.15, 0.2) is 11.5 Å². The van der Waals surface area contributed by atoms with Crippen LogP contribution in [0.3, 0.4) is 0 Å². The zero-order valence-corrected chi connectivity index (χ0v) is 15.0. The summed E-state index contributed by atoms with van der Waals surface area (Å²) >= 11 is 3.11. The molecule has 3 rings (SSSR count). The van der Waals surface area contributed by atoms with Crippen molar-refractivity contribution in [2.75, 3.05) is 0 Å². The summed E-state index contributed by atoms with van der Waals surface area (Å²) in [6.45, 7) is 0. The summed E-state index contributed by atoms with van der Waals surface area (Å²) in [5, 5.41) is 20.1. The van der Waals surface area contributed by atoms with Gasteiger partial charge >= 0.3 is 0 Å². The molecule has 0 amide bonds. The molecule has 0 radical (unpaired) electrons. The normalized spacial score (nSPS) is 11.5. The van der Waals surface area contributed by atoms with Crippen LogP contribution in [-0.4, -0.2) is 27.0 Å². The molecule has 0 bridgehead atoms. The summed E-state index contributed by atoms with van der Waals surface area (Å²) in [7, 11) is 0. The smallest absolute Gasteiger partial charge is 0.169 e. The molecule has 0 aliphatic heterocycles. The lowest BCUT2D eigenvalue weighted by Crippen LogP contribution is -2.12. The van der Waals surface area contributed by atoms with Gasteiger partial charge in [0, 0.05) is 12.0 Å². The standard InChI is InChI=1S/C18H13BrFN3O3/c19-13-8-11(6-7-14(13)20)9-15(21-25)18-16(22-26-23-18)10-17(24)12-4-2-1-3-5-12/h1-8,25H,9-10H2/b21-15+. The molecule has 6 nitrogen and oxygen atoms in total. The number of ketones is 1. The molecule has 0 unspecified atom stereocenters. The summed E-state index contributed by atoms with van der Waals surface area (Å²) in [5.74, 6) is -0.558. The third kappa shape index (κ3) is 4.02. The number of oxime groups is 1. The Morgan fingerprint density at radius 2 is 1.92 bits per heavy atom. The van der Waals surface area contributed by atoms with Gasteiger partial charge in [0.2, 0.25) is 0 Å². The van der Waals surface area contributed by atoms with Crippen LogP contribution in [0.5, 0.6) is 0 Å². The van der Waals surface area contributed by atoms with E-state index in [0.717, 1.165) is 0 Å². The van der Waals surface area contributed by atoms with Gasteiger partial charge in [-0.15, -0.1) is 0 Å². The van der Waals surface area contributed by atoms with Crippen molar-refractivity contribution in [3.8, 4) is 0 Å². The molecule has 26 heavy (non-hydrogen) atoms. The van der Waals surface area contributed by atoms with Gasteiger partial charge in [-0.05, 0) is 38.8 Å². The predicted molar refractivity (Wildman–Crippen MR) is 94.9 cm³/mol. The number of hydrogen-bond donors (Lipinski definition) is 1. The molecule has 1 heterocycles. The number of aromatic nitrogens is 2. The van der Waals surface area contributed by atoms with Gasteiger partial charge in [-0.25, -0.2) is 9.02 Å². The first-order valence-electron chi connectivity index (χ1n) is 7.63. The maximum atomic E-state index is 13.4. The Hall–Kier alpha value is -2.87. The third-order valence-electron chi connectivity index (χ3n) is 3.73. The highest BCUT2D eigenvalue weighted by Gasteiger charge is 2.21. The van der Waals surface area contributed by atoms with E-state index in [4.69, 9.17) is 4.63 Å². The van der Waals surface area contributed by atoms with Crippen molar-refractivity contribution in [2.24, 2.45) is 5.16 Å². The molecule has 3 aromatic rings. The Kier molecular flexibility index (Phi) is 5.52. The third-order valence-corrected chi connectivity index (χ3v) is 4.34. The molecule has 0 fully saturated rings. The molecule has 0 saturated carbocycles. The van der Waals surface area contributed by atoms with Crippen molar-refractivity contribution in [2.45, 2.75) is 12.8 Å². The zero-order valence-electron chi connectivity index (χ0n) is 13.4. The number of Topliss-reactive ketones (excluding diaryl/α,β-unsaturated/α-hetero) is 1. The monoisotopic (exact) mass is 417 g/mol. The van der Waals surface area contributed by atoms with Crippen molar-refractivity contribution in [1.82, 2.24) is 10.3 Å². The number of nitrogens with zero attached hydrogens (tertiary/aromatic N) is 3. The second-order valence-electron chi connectivity index (χ2n) is 5.50. The minimum atomic E-state index is -0.395. The minimum Gasteiger partial charge on any atom is -0.411 e. The van der Waals surface area contributed by atoms with E-state index in [2.05, 4.69) is 31.4 Å². The molecule has 0 spiro atoms. The van der Waals surface area contributed by atoms with Crippen LogP contribution in [0, 0.1) is 5.82 Å². The van der Waals surface area contributed by atoms with E-state index in [0.29, 0.717) is 15.6 Å². The maximum absolute atomic E-state index is 13.4. The van der Waals surface area contributed by atoms with Crippen molar-refractivity contribution < 1.29 is 19.0 Å². The highest BCUT2D eigenvalue weighted by molar-refractivity contribution is 9.10. The zero-order chi connectivity index (χ0) is 18.5. The van der Waals surface area contributed by atoms with Gasteiger partial charge < -0.3 is 5.21 Å². The topological polar surface area (TPSA) is 88.6 Å². The van der Waals surface area contributed by atoms with Crippen LogP contribution in [0.25, 0.3) is 0 Å². The number of rotatable bonds is 6. The second-order valence-corrected chi connectivity index (χ2v) is 6.35. The fourth-order valence-electron chi connectivity index (χ4n) is 2.43. The van der Waals surface area contributed by atoms with Crippen LogP contribution in [0.15, 0.2) is 62.8 Å². The average molecular weight is 418 g/mol. The van der Waals surface area contributed by atoms with Gasteiger partial charge in [-0.2, -0.15) is 0 Å². The van der Waals surface area contributed by atoms with Crippen LogP contribution in [0.1, 0.15) is 27.3 Å². The van der Waals surface area contributed by atoms with Crippen LogP contribution >= 0.6 is 15.9 Å². The molecule has 2 aromatic carbocycles. The van der Waals surface area contributed by atoms with Crippen LogP contribution in [0.4, 0.5) is 4.39 Å². The number of hydrogen-bond acceptors (Lipinski definition) is 6. The van der Waals surface area contributed by atoms with E-state index in [1.165, 1.54) is 6.07 Å². The van der Waals surface area contributed by atoms with E-state index in [1.54, 1.807) is 36.4 Å². The molecule has 0 aliphatic rings. The van der Waals surface area contributed by atoms with Gasteiger partial charge in [0.25, 0.3) is 0 Å². The first-order valence-corrected chi connectivity index (χ1v) is 8.42. The number of carbonyl (C=O) groups excluding carboxylic acids is 1. The Balaban J connectivity index is 1.81. The largest absolute Gasteiger partial charge is 0.411 e. The highest BCUT2D eigenvalue weighted by Crippen LogP contribution is 2.19. The maximum Gasteiger partial charge on any atom is 0.169 e. The van der Waals surface area contributed by atoms with Gasteiger partial charge in [0.05, 0.1) is 10.9 Å². The van der Waals surface area contributed by atoms with Crippen molar-refractivity contribution in [1.29, 1.82) is 0 Å². The molecule has 8 heteroatoms. The summed E-state index contributed by atoms with van der Waals surface area (Å²) in [6.07, 6.45) is 0.116. The van der Waals surface area contributed by atoms with Crippen molar-refractivity contribution in [3.63, 3.8) is 0 Å². The summed E-state index contributed by atoms with van der Waals surface area (Å²) in [6, 6.07) is 13.2. The summed E-state index contributed by atoms with van der Waals surface area (Å²) < 4.78 is 18.4. The fraction of sp³-hybridized carbons (Fsp3) is 0.111. The lowest BCUT2D eigenvalue weighted by Gasteiger charge is -2.05. The lowest BCUT2D eigenvalue weighted by atomic mass is 10.0. The Morgan fingerprint density at radius 3 is 2.62 bits per heavy atom. The quantitative estimate of drug-likeness (QED) is 0.285. The molecule has 0 atom stereocenters. The van der Waals surface area contributed by atoms with Gasteiger partial charge in [0.1, 0.15) is 17.2 Å². The first kappa shape index (κ1) is 17.9. The molecular formula is C18H13BrFN3O3. The lowest BCUT2D eigenvalue weighted by molar-refractivity contribution is 0.0990. The first-order chi connectivity index (χ1) is 12.6. The van der Waals surface area contributed by atoms with Gasteiger partial charge in [-0.1, -0.05) is 46.7 Å². The Labute approximate surface area is 156 Å². The van der Waals surface area contributed by atoms with Crippen molar-refractivity contribution >= 4 is 27.4 Å². The van der Waals surface area contributed by atoms with E-state index in [9.17, 15) is 14.4 Å². The number of carbonyl (C=O) groups is 1. The van der Waals surface area contributed by atoms with Crippen molar-refractivity contribution in [3.05, 3.63) is 81.3 Å². The summed E-state index contributed by atoms with van der Waals surface area (Å²) in [5.41, 5.74) is 1.85. The summed E-state index contributed by atoms with van der Waals surface area (Å²) in [4.78, 5) is 12.4. The van der Waals surface area contributed by atoms with Crippen LogP contribution in [-0.2, 0) is 12.8 Å². The van der Waals surface area contributed by atoms with E-state index in [-0.39, 0.29) is 35.7 Å². The number of halogens is 2. The van der Waals surface area contributed by atoms with Crippen LogP contribution < -0.4 is 0 Å². The molecule has 0 saturated heterocycles. The van der Waals surface area contributed by atoms with Gasteiger partial charge in [-0.3, -0.25) is 4.79 Å². The average Bonchev–Trinajstić information content (AvgIpc) is 3.11. The molecule has 1 aromatic heterocycles. The fourth-order valence-corrected chi connectivity index (χ4v) is 2.86. The van der Waals surface area contributed by atoms with E-state index in [1.807, 2.05) is 6.07 Å². The predicted octanol–water partition coefficient (Wildman–Crippen LogP) is 3.82. The molecule has 0 aliphatic carbocycles.